The summed E-state index contributed by atoms with van der Waals surface area (Å²) in [6, 6.07) is 6.90. The Morgan fingerprint density at radius 1 is 1.36 bits per heavy atom. The van der Waals surface area contributed by atoms with Crippen molar-refractivity contribution < 1.29 is 18.3 Å². The number of amides is 2. The lowest BCUT2D eigenvalue weighted by Gasteiger charge is -2.33. The maximum Gasteiger partial charge on any atom is 0.317 e. The Morgan fingerprint density at radius 3 is 2.92 bits per heavy atom. The maximum atomic E-state index is 13.9. The highest BCUT2D eigenvalue weighted by Gasteiger charge is 2.27. The summed E-state index contributed by atoms with van der Waals surface area (Å²) in [5, 5.41) is 2.85. The van der Waals surface area contributed by atoms with Gasteiger partial charge in [-0.05, 0) is 24.6 Å². The predicted octanol–water partition coefficient (Wildman–Crippen LogP) is 4.01. The van der Waals surface area contributed by atoms with Crippen molar-refractivity contribution in [2.45, 2.75) is 12.5 Å². The number of ether oxygens (including phenoxy) is 1. The van der Waals surface area contributed by atoms with Crippen molar-refractivity contribution in [1.82, 2.24) is 10.2 Å². The van der Waals surface area contributed by atoms with Gasteiger partial charge in [-0.1, -0.05) is 17.7 Å². The first-order valence-electron chi connectivity index (χ1n) is 7.86. The molecule has 8 heteroatoms. The highest BCUT2D eigenvalue weighted by Crippen LogP contribution is 2.25. The average Bonchev–Trinajstić information content (AvgIpc) is 3.00. The van der Waals surface area contributed by atoms with Crippen molar-refractivity contribution in [3.8, 4) is 0 Å². The maximum absolute atomic E-state index is 13.9. The van der Waals surface area contributed by atoms with Gasteiger partial charge in [0.05, 0.1) is 17.5 Å². The van der Waals surface area contributed by atoms with Gasteiger partial charge in [-0.25, -0.2) is 13.6 Å². The van der Waals surface area contributed by atoms with Gasteiger partial charge in [0.25, 0.3) is 0 Å². The summed E-state index contributed by atoms with van der Waals surface area (Å²) in [6.45, 7) is 1.44. The fourth-order valence-corrected chi connectivity index (χ4v) is 3.76. The fraction of sp³-hybridized carbons (Fsp3) is 0.353. The van der Waals surface area contributed by atoms with E-state index in [-0.39, 0.29) is 18.1 Å². The standard InChI is InChI=1S/C17H17ClF2N2O2S/c18-16-4-2-12(25-16)5-6-21-17(23)22-7-8-24-15(10-22)13-3-1-11(19)9-14(13)20/h1-4,9,15H,5-8,10H2,(H,21,23). The normalized spacial score (nSPS) is 17.6. The second kappa shape index (κ2) is 8.12. The molecule has 1 aliphatic rings. The number of hydrogen-bond acceptors (Lipinski definition) is 3. The van der Waals surface area contributed by atoms with E-state index in [0.717, 1.165) is 15.3 Å². The molecule has 1 aromatic carbocycles. The SMILES string of the molecule is O=C(NCCc1ccc(Cl)s1)N1CCOC(c2ccc(F)cc2F)C1. The monoisotopic (exact) mass is 386 g/mol. The number of nitrogens with zero attached hydrogens (tertiary/aromatic N) is 1. The summed E-state index contributed by atoms with van der Waals surface area (Å²) < 4.78 is 33.2. The first kappa shape index (κ1) is 18.1. The Morgan fingerprint density at radius 2 is 2.20 bits per heavy atom. The Labute approximate surface area is 153 Å². The summed E-state index contributed by atoms with van der Waals surface area (Å²) in [5.74, 6) is -1.30. The molecule has 2 aromatic rings. The minimum atomic E-state index is -0.665. The molecule has 0 bridgehead atoms. The topological polar surface area (TPSA) is 41.6 Å². The van der Waals surface area contributed by atoms with Crippen LogP contribution < -0.4 is 5.32 Å². The van der Waals surface area contributed by atoms with Gasteiger partial charge < -0.3 is 15.0 Å². The van der Waals surface area contributed by atoms with Gasteiger partial charge in [-0.15, -0.1) is 11.3 Å². The van der Waals surface area contributed by atoms with Crippen LogP contribution in [0.5, 0.6) is 0 Å². The first-order valence-corrected chi connectivity index (χ1v) is 9.06. The lowest BCUT2D eigenvalue weighted by Crippen LogP contribution is -2.47. The zero-order valence-corrected chi connectivity index (χ0v) is 14.9. The van der Waals surface area contributed by atoms with E-state index in [2.05, 4.69) is 5.32 Å². The third-order valence-electron chi connectivity index (χ3n) is 3.94. The van der Waals surface area contributed by atoms with Crippen molar-refractivity contribution in [2.75, 3.05) is 26.2 Å². The van der Waals surface area contributed by atoms with Crippen LogP contribution in [0.3, 0.4) is 0 Å². The number of rotatable bonds is 4. The van der Waals surface area contributed by atoms with Crippen LogP contribution in [0.2, 0.25) is 4.34 Å². The Kier molecular flexibility index (Phi) is 5.88. The van der Waals surface area contributed by atoms with E-state index in [1.165, 1.54) is 23.5 Å². The molecule has 134 valence electrons. The number of urea groups is 1. The number of nitrogens with one attached hydrogen (secondary N) is 1. The smallest absolute Gasteiger partial charge is 0.317 e. The van der Waals surface area contributed by atoms with E-state index in [9.17, 15) is 13.6 Å². The number of morpholine rings is 1. The molecule has 1 unspecified atom stereocenters. The van der Waals surface area contributed by atoms with E-state index in [0.29, 0.717) is 26.1 Å². The van der Waals surface area contributed by atoms with Crippen LogP contribution in [0, 0.1) is 11.6 Å². The van der Waals surface area contributed by atoms with Crippen molar-refractivity contribution in [2.24, 2.45) is 0 Å². The summed E-state index contributed by atoms with van der Waals surface area (Å²) in [5.41, 5.74) is 0.257. The van der Waals surface area contributed by atoms with Crippen molar-refractivity contribution in [3.05, 3.63) is 56.7 Å². The average molecular weight is 387 g/mol. The van der Waals surface area contributed by atoms with Crippen LogP contribution in [0.4, 0.5) is 13.6 Å². The summed E-state index contributed by atoms with van der Waals surface area (Å²) >= 11 is 7.36. The van der Waals surface area contributed by atoms with E-state index in [1.54, 1.807) is 4.90 Å². The molecule has 0 spiro atoms. The van der Waals surface area contributed by atoms with E-state index in [1.807, 2.05) is 12.1 Å². The van der Waals surface area contributed by atoms with Crippen molar-refractivity contribution in [3.63, 3.8) is 0 Å². The lowest BCUT2D eigenvalue weighted by atomic mass is 10.1. The minimum absolute atomic E-state index is 0.221. The molecule has 4 nitrogen and oxygen atoms in total. The Balaban J connectivity index is 1.54. The molecule has 0 radical (unpaired) electrons. The predicted molar refractivity (Wildman–Crippen MR) is 93.1 cm³/mol. The molecule has 0 saturated carbocycles. The largest absolute Gasteiger partial charge is 0.370 e. The molecule has 2 amide bonds. The third-order valence-corrected chi connectivity index (χ3v) is 5.23. The van der Waals surface area contributed by atoms with Crippen LogP contribution in [0.25, 0.3) is 0 Å². The molecule has 1 fully saturated rings. The third kappa shape index (κ3) is 4.68. The number of carbonyl (C=O) groups excluding carboxylic acids is 1. The van der Waals surface area contributed by atoms with E-state index < -0.39 is 17.7 Å². The zero-order valence-electron chi connectivity index (χ0n) is 13.3. The first-order chi connectivity index (χ1) is 12.0. The molecule has 1 aromatic heterocycles. The van der Waals surface area contributed by atoms with Gasteiger partial charge in [0, 0.05) is 29.6 Å². The summed E-state index contributed by atoms with van der Waals surface area (Å²) in [6.07, 6.45) is 0.0972. The molecule has 1 saturated heterocycles. The number of thiophene rings is 1. The van der Waals surface area contributed by atoms with Gasteiger partial charge in [-0.3, -0.25) is 0 Å². The van der Waals surface area contributed by atoms with Crippen LogP contribution >= 0.6 is 22.9 Å². The Hall–Kier alpha value is -1.70. The second-order valence-corrected chi connectivity index (χ2v) is 7.46. The fourth-order valence-electron chi connectivity index (χ4n) is 2.68. The molecule has 25 heavy (non-hydrogen) atoms. The zero-order chi connectivity index (χ0) is 17.8. The van der Waals surface area contributed by atoms with Gasteiger partial charge in [0.2, 0.25) is 0 Å². The van der Waals surface area contributed by atoms with Gasteiger partial charge >= 0.3 is 6.03 Å². The summed E-state index contributed by atoms with van der Waals surface area (Å²) in [7, 11) is 0. The van der Waals surface area contributed by atoms with Crippen molar-refractivity contribution in [1.29, 1.82) is 0 Å². The van der Waals surface area contributed by atoms with Gasteiger partial charge in [0.1, 0.15) is 17.7 Å². The molecule has 1 atom stereocenters. The van der Waals surface area contributed by atoms with Crippen LogP contribution in [0.1, 0.15) is 16.5 Å². The Bertz CT molecular complexity index is 756. The molecule has 0 aliphatic carbocycles. The number of benzene rings is 1. The molecular weight excluding hydrogens is 370 g/mol. The van der Waals surface area contributed by atoms with Gasteiger partial charge in [-0.2, -0.15) is 0 Å². The van der Waals surface area contributed by atoms with Gasteiger partial charge in [0.15, 0.2) is 0 Å². The highest BCUT2D eigenvalue weighted by molar-refractivity contribution is 7.16. The lowest BCUT2D eigenvalue weighted by molar-refractivity contribution is -0.0171. The molecule has 2 heterocycles. The number of halogens is 3. The molecule has 1 aliphatic heterocycles. The number of hydrogen-bond donors (Lipinski definition) is 1. The van der Waals surface area contributed by atoms with E-state index in [4.69, 9.17) is 16.3 Å². The second-order valence-electron chi connectivity index (χ2n) is 5.66. The highest BCUT2D eigenvalue weighted by atomic mass is 35.5. The molecule has 1 N–H and O–H groups in total. The molecular formula is C17H17ClF2N2O2S. The minimum Gasteiger partial charge on any atom is -0.370 e. The quantitative estimate of drug-likeness (QED) is 0.862. The van der Waals surface area contributed by atoms with Crippen LogP contribution in [-0.2, 0) is 11.2 Å². The van der Waals surface area contributed by atoms with E-state index >= 15 is 0 Å². The van der Waals surface area contributed by atoms with Crippen molar-refractivity contribution >= 4 is 29.0 Å². The van der Waals surface area contributed by atoms with Crippen LogP contribution in [0.15, 0.2) is 30.3 Å². The summed E-state index contributed by atoms with van der Waals surface area (Å²) in [4.78, 5) is 15.0. The molecule has 3 rings (SSSR count). The van der Waals surface area contributed by atoms with Crippen LogP contribution in [-0.4, -0.2) is 37.2 Å². The number of carbonyl (C=O) groups is 1.